The van der Waals surface area contributed by atoms with E-state index in [9.17, 15) is 18.4 Å². The molecular weight excluding hydrogens is 665 g/mol. The molecule has 0 aliphatic rings. The first-order valence-electron chi connectivity index (χ1n) is 14.4. The lowest BCUT2D eigenvalue weighted by molar-refractivity contribution is -0.907. The molecule has 0 amide bonds. The van der Waals surface area contributed by atoms with Crippen molar-refractivity contribution in [2.45, 2.75) is 19.6 Å². The third-order valence-electron chi connectivity index (χ3n) is 7.81. The maximum atomic E-state index is 15.0. The van der Waals surface area contributed by atoms with Crippen LogP contribution in [0.25, 0.3) is 26.3 Å². The predicted molar refractivity (Wildman–Crippen MR) is 172 cm³/mol. The van der Waals surface area contributed by atoms with E-state index in [1.54, 1.807) is 24.3 Å². The Morgan fingerprint density at radius 1 is 0.830 bits per heavy atom. The molecule has 0 aliphatic heterocycles. The van der Waals surface area contributed by atoms with E-state index in [0.717, 1.165) is 48.9 Å². The zero-order valence-corrected chi connectivity index (χ0v) is 27.9. The molecule has 0 saturated carbocycles. The fourth-order valence-electron chi connectivity index (χ4n) is 5.59. The lowest BCUT2D eigenvalue weighted by atomic mass is 10.1. The molecule has 12 heteroatoms. The summed E-state index contributed by atoms with van der Waals surface area (Å²) < 4.78 is 37.7. The van der Waals surface area contributed by atoms with Crippen LogP contribution in [0.2, 0.25) is 0 Å². The minimum Gasteiger partial charge on any atom is -1.00 e. The fraction of sp³-hybridized carbons (Fsp3) is 0.143. The number of hydrogen-bond donors (Lipinski definition) is 2. The van der Waals surface area contributed by atoms with Gasteiger partial charge in [-0.05, 0) is 54.1 Å². The molecule has 7 nitrogen and oxygen atoms in total. The highest BCUT2D eigenvalue weighted by molar-refractivity contribution is 7.22. The normalized spacial score (nSPS) is 11.5. The van der Waals surface area contributed by atoms with Gasteiger partial charge in [0.1, 0.15) is 41.0 Å². The summed E-state index contributed by atoms with van der Waals surface area (Å²) in [4.78, 5) is 31.0. The van der Waals surface area contributed by atoms with Gasteiger partial charge in [-0.3, -0.25) is 9.36 Å². The van der Waals surface area contributed by atoms with Crippen molar-refractivity contribution in [1.82, 2.24) is 9.13 Å². The minimum atomic E-state index is -0.774. The van der Waals surface area contributed by atoms with Crippen LogP contribution >= 0.6 is 11.3 Å². The van der Waals surface area contributed by atoms with Gasteiger partial charge < -0.3 is 40.2 Å². The van der Waals surface area contributed by atoms with Crippen LogP contribution in [0.15, 0.2) is 107 Å². The van der Waals surface area contributed by atoms with Crippen molar-refractivity contribution in [3.05, 3.63) is 146 Å². The second kappa shape index (κ2) is 15.1. The Labute approximate surface area is 286 Å². The second-order valence-electron chi connectivity index (χ2n) is 11.0. The second-order valence-corrected chi connectivity index (χ2v) is 12.0. The summed E-state index contributed by atoms with van der Waals surface area (Å²) in [6, 6.07) is 27.9. The molecule has 6 aromatic rings. The van der Waals surface area contributed by atoms with Crippen LogP contribution in [0, 0.1) is 11.6 Å². The van der Waals surface area contributed by atoms with Gasteiger partial charge in [0.15, 0.2) is 0 Å². The number of methoxy groups -OCH3 is 1. The maximum absolute atomic E-state index is 15.0. The molecule has 4 aromatic carbocycles. The smallest absolute Gasteiger partial charge is 0.337 e. The third-order valence-corrected chi connectivity index (χ3v) is 9.11. The Balaban J connectivity index is 0.00000250. The average Bonchev–Trinajstić information content (AvgIpc) is 3.40. The number of nitrogens with zero attached hydrogens (tertiary/aromatic N) is 2. The van der Waals surface area contributed by atoms with Gasteiger partial charge in [0.05, 0.1) is 31.8 Å². The van der Waals surface area contributed by atoms with E-state index in [-0.39, 0.29) is 30.4 Å². The first-order valence-corrected chi connectivity index (χ1v) is 15.2. The quantitative estimate of drug-likeness (QED) is 0.189. The molecule has 47 heavy (non-hydrogen) atoms. The van der Waals surface area contributed by atoms with Gasteiger partial charge in [0.2, 0.25) is 0 Å². The minimum absolute atomic E-state index is 0. The van der Waals surface area contributed by atoms with Crippen LogP contribution < -0.4 is 51.4 Å². The first kappa shape index (κ1) is 35.5. The molecule has 4 N–H and O–H groups in total. The number of fused-ring (bicyclic) bond motifs is 1. The zero-order valence-electron chi connectivity index (χ0n) is 25.6. The van der Waals surface area contributed by atoms with Gasteiger partial charge in [-0.15, -0.1) is 11.3 Å². The van der Waals surface area contributed by atoms with Gasteiger partial charge in [-0.2, -0.15) is 0 Å². The Bertz CT molecular complexity index is 2110. The molecule has 0 radical (unpaired) electrons. The number of aromatic nitrogens is 2. The van der Waals surface area contributed by atoms with Gasteiger partial charge >= 0.3 is 5.69 Å². The summed E-state index contributed by atoms with van der Waals surface area (Å²) in [6.45, 7) is 0.748. The van der Waals surface area contributed by atoms with E-state index in [0.29, 0.717) is 34.7 Å². The number of halogens is 4. The molecule has 2 aromatic heterocycles. The van der Waals surface area contributed by atoms with Crippen LogP contribution in [0.1, 0.15) is 16.7 Å². The highest BCUT2D eigenvalue weighted by atomic mass is 35.5. The number of rotatable bonds is 9. The molecule has 2 heterocycles. The topological polar surface area (TPSA) is 85.3 Å². The summed E-state index contributed by atoms with van der Waals surface area (Å²) >= 11 is 1.27. The third kappa shape index (κ3) is 7.17. The van der Waals surface area contributed by atoms with E-state index < -0.39 is 29.4 Å². The molecule has 0 spiro atoms. The lowest BCUT2D eigenvalue weighted by Crippen LogP contribution is -3.06. The number of hydrogen-bond acceptors (Lipinski definition) is 4. The van der Waals surface area contributed by atoms with Gasteiger partial charge in [-0.1, -0.05) is 42.5 Å². The molecule has 1 atom stereocenters. The fourth-order valence-corrected chi connectivity index (χ4v) is 6.90. The highest BCUT2D eigenvalue weighted by Gasteiger charge is 2.27. The van der Waals surface area contributed by atoms with Gasteiger partial charge in [0.25, 0.3) is 5.56 Å². The van der Waals surface area contributed by atoms with Crippen LogP contribution in [-0.4, -0.2) is 23.3 Å². The van der Waals surface area contributed by atoms with Crippen LogP contribution in [0.3, 0.4) is 0 Å². The lowest BCUT2D eigenvalue weighted by Gasteiger charge is -2.16. The van der Waals surface area contributed by atoms with Crippen molar-refractivity contribution in [2.75, 3.05) is 14.2 Å². The first-order chi connectivity index (χ1) is 21.7. The highest BCUT2D eigenvalue weighted by Crippen LogP contribution is 2.37. The number of quaternary nitrogens is 2. The SMILES string of the molecule is COc1cccc(-n2c(=O)c3c(C[NH+](C)Cc4ccccc4)c(-c4ccc([NH3+])cc4)sc3n(Cc3c(F)cccc3F)c2=O)c1.[Cl-].[Cl-]. The largest absolute Gasteiger partial charge is 1.00 e. The van der Waals surface area contributed by atoms with Crippen molar-refractivity contribution in [2.24, 2.45) is 0 Å². The van der Waals surface area contributed by atoms with E-state index in [2.05, 4.69) is 17.9 Å². The number of nitrogens with one attached hydrogen (secondary N) is 1. The zero-order chi connectivity index (χ0) is 31.7. The molecule has 0 saturated heterocycles. The molecule has 1 unspecified atom stereocenters. The van der Waals surface area contributed by atoms with Crippen LogP contribution in [0.4, 0.5) is 14.5 Å². The Morgan fingerprint density at radius 2 is 1.49 bits per heavy atom. The number of benzene rings is 4. The van der Waals surface area contributed by atoms with Gasteiger partial charge in [0, 0.05) is 27.6 Å². The van der Waals surface area contributed by atoms with Crippen molar-refractivity contribution >= 4 is 27.2 Å². The van der Waals surface area contributed by atoms with E-state index in [1.807, 2.05) is 49.5 Å². The Morgan fingerprint density at radius 3 is 2.15 bits per heavy atom. The number of ether oxygens (including phenoxy) is 1. The monoisotopic (exact) mass is 696 g/mol. The predicted octanol–water partition coefficient (Wildman–Crippen LogP) is -1.69. The molecule has 244 valence electrons. The summed E-state index contributed by atoms with van der Waals surface area (Å²) in [5.74, 6) is -1.09. The summed E-state index contributed by atoms with van der Waals surface area (Å²) in [5, 5.41) is 0.334. The van der Waals surface area contributed by atoms with Crippen molar-refractivity contribution < 1.29 is 49.0 Å². The average molecular weight is 698 g/mol. The van der Waals surface area contributed by atoms with E-state index >= 15 is 0 Å². The summed E-state index contributed by atoms with van der Waals surface area (Å²) in [5.41, 5.74) is 6.39. The van der Waals surface area contributed by atoms with Crippen molar-refractivity contribution in [3.63, 3.8) is 0 Å². The van der Waals surface area contributed by atoms with E-state index in [4.69, 9.17) is 4.74 Å². The van der Waals surface area contributed by atoms with Crippen LogP contribution in [-0.2, 0) is 19.6 Å². The van der Waals surface area contributed by atoms with Gasteiger partial charge in [-0.25, -0.2) is 18.1 Å². The van der Waals surface area contributed by atoms with Crippen LogP contribution in [0.5, 0.6) is 5.75 Å². The summed E-state index contributed by atoms with van der Waals surface area (Å²) in [6.07, 6.45) is 0. The Hall–Kier alpha value is -4.32. The standard InChI is InChI=1S/C35H30F2N4O3S.2ClH/c1-39(19-22-8-4-3-5-9-22)20-28-31-33(42)41(25-10-6-11-26(18-25)44-2)35(43)40(21-27-29(36)12-7-13-30(27)37)34(31)45-32(28)23-14-16-24(38)17-15-23;;/h3-18H,19-21,38H2,1-2H3;2*1H. The maximum Gasteiger partial charge on any atom is 0.337 e. The Kier molecular flexibility index (Phi) is 11.4. The molecule has 0 aliphatic carbocycles. The van der Waals surface area contributed by atoms with Crippen molar-refractivity contribution in [1.29, 1.82) is 0 Å². The molecule has 0 fully saturated rings. The number of thiophene rings is 1. The molecule has 6 rings (SSSR count). The van der Waals surface area contributed by atoms with Crippen molar-refractivity contribution in [3.8, 4) is 21.9 Å². The molecular formula is C35H32Cl2F2N4O3S. The van der Waals surface area contributed by atoms with E-state index in [1.165, 1.54) is 29.1 Å². The molecule has 0 bridgehead atoms. The summed E-state index contributed by atoms with van der Waals surface area (Å²) in [7, 11) is 3.54.